The molecule has 2 N–H and O–H groups in total. The predicted octanol–water partition coefficient (Wildman–Crippen LogP) is 5.04. The highest BCUT2D eigenvalue weighted by molar-refractivity contribution is 7.80. The van der Waals surface area contributed by atoms with E-state index in [2.05, 4.69) is 10.6 Å². The number of rotatable bonds is 4. The maximum Gasteiger partial charge on any atom is 0.289 e. The van der Waals surface area contributed by atoms with Crippen LogP contribution in [0, 0.1) is 10.1 Å². The summed E-state index contributed by atoms with van der Waals surface area (Å²) in [6, 6.07) is 21.1. The first-order valence-corrected chi connectivity index (χ1v) is 8.94. The summed E-state index contributed by atoms with van der Waals surface area (Å²) >= 11 is 10.9. The van der Waals surface area contributed by atoms with E-state index < -0.39 is 4.92 Å². The largest absolute Gasteiger partial charge is 0.332 e. The molecule has 0 atom stereocenters. The fraction of sp³-hybridized carbons (Fsp3) is 0. The van der Waals surface area contributed by atoms with Gasteiger partial charge in [0.2, 0.25) is 0 Å². The standard InChI is InChI=1S/C20H14ClN3O3S/c21-17-11-10-16(12-18(17)24(26)27)22-20(28)23-19(25)15-8-6-14(7-9-15)13-4-2-1-3-5-13/h1-12H,(H2,22,23,25,28). The van der Waals surface area contributed by atoms with Crippen molar-refractivity contribution in [3.63, 3.8) is 0 Å². The zero-order valence-corrected chi connectivity index (χ0v) is 16.0. The van der Waals surface area contributed by atoms with E-state index >= 15 is 0 Å². The molecular weight excluding hydrogens is 398 g/mol. The Labute approximate surface area is 171 Å². The molecule has 140 valence electrons. The van der Waals surface area contributed by atoms with Crippen molar-refractivity contribution in [3.8, 4) is 11.1 Å². The van der Waals surface area contributed by atoms with Gasteiger partial charge in [-0.15, -0.1) is 0 Å². The number of nitro groups is 1. The highest BCUT2D eigenvalue weighted by Gasteiger charge is 2.14. The van der Waals surface area contributed by atoms with Crippen molar-refractivity contribution < 1.29 is 9.72 Å². The lowest BCUT2D eigenvalue weighted by molar-refractivity contribution is -0.384. The Balaban J connectivity index is 1.65. The second-order valence-electron chi connectivity index (χ2n) is 5.77. The molecule has 0 aliphatic heterocycles. The summed E-state index contributed by atoms with van der Waals surface area (Å²) in [4.78, 5) is 22.7. The molecule has 6 nitrogen and oxygen atoms in total. The third kappa shape index (κ3) is 4.70. The van der Waals surface area contributed by atoms with Crippen molar-refractivity contribution in [3.05, 3.63) is 93.5 Å². The lowest BCUT2D eigenvalue weighted by Gasteiger charge is -2.10. The first-order chi connectivity index (χ1) is 13.4. The molecule has 3 aromatic rings. The van der Waals surface area contributed by atoms with E-state index in [1.807, 2.05) is 42.5 Å². The molecule has 28 heavy (non-hydrogen) atoms. The highest BCUT2D eigenvalue weighted by Crippen LogP contribution is 2.27. The summed E-state index contributed by atoms with van der Waals surface area (Å²) in [5.74, 6) is -0.388. The molecule has 8 heteroatoms. The molecule has 0 aliphatic rings. The zero-order valence-electron chi connectivity index (χ0n) is 14.4. The van der Waals surface area contributed by atoms with Crippen molar-refractivity contribution in [2.45, 2.75) is 0 Å². The highest BCUT2D eigenvalue weighted by atomic mass is 35.5. The van der Waals surface area contributed by atoms with Gasteiger partial charge in [-0.25, -0.2) is 0 Å². The number of hydrogen-bond acceptors (Lipinski definition) is 4. The Hall–Kier alpha value is -3.29. The van der Waals surface area contributed by atoms with Gasteiger partial charge in [0, 0.05) is 17.3 Å². The number of nitro benzene ring substituents is 1. The maximum atomic E-state index is 12.4. The summed E-state index contributed by atoms with van der Waals surface area (Å²) in [5, 5.41) is 16.3. The molecule has 0 fully saturated rings. The third-order valence-corrected chi connectivity index (χ3v) is 4.41. The molecule has 0 bridgehead atoms. The van der Waals surface area contributed by atoms with Gasteiger partial charge >= 0.3 is 0 Å². The molecular formula is C20H14ClN3O3S. The van der Waals surface area contributed by atoms with Crippen LogP contribution in [0.3, 0.4) is 0 Å². The number of hydrogen-bond donors (Lipinski definition) is 2. The quantitative estimate of drug-likeness (QED) is 0.357. The Kier molecular flexibility index (Phi) is 5.98. The van der Waals surface area contributed by atoms with Gasteiger partial charge in [-0.1, -0.05) is 54.1 Å². The lowest BCUT2D eigenvalue weighted by Crippen LogP contribution is -2.34. The molecule has 0 unspecified atom stereocenters. The van der Waals surface area contributed by atoms with Crippen LogP contribution in [0.2, 0.25) is 5.02 Å². The SMILES string of the molecule is O=C(NC(=S)Nc1ccc(Cl)c([N+](=O)[O-])c1)c1ccc(-c2ccccc2)cc1. The molecule has 0 spiro atoms. The fourth-order valence-electron chi connectivity index (χ4n) is 2.51. The zero-order chi connectivity index (χ0) is 20.1. The first-order valence-electron chi connectivity index (χ1n) is 8.16. The second-order valence-corrected chi connectivity index (χ2v) is 6.59. The normalized spacial score (nSPS) is 10.2. The lowest BCUT2D eigenvalue weighted by atomic mass is 10.0. The van der Waals surface area contributed by atoms with Crippen LogP contribution in [-0.2, 0) is 0 Å². The monoisotopic (exact) mass is 411 g/mol. The van der Waals surface area contributed by atoms with Gasteiger partial charge in [0.1, 0.15) is 5.02 Å². The van der Waals surface area contributed by atoms with E-state index in [4.69, 9.17) is 23.8 Å². The van der Waals surface area contributed by atoms with Crippen molar-refractivity contribution in [2.24, 2.45) is 0 Å². The van der Waals surface area contributed by atoms with Gasteiger partial charge < -0.3 is 5.32 Å². The van der Waals surface area contributed by atoms with Crippen LogP contribution in [0.15, 0.2) is 72.8 Å². The van der Waals surface area contributed by atoms with Crippen molar-refractivity contribution in [1.29, 1.82) is 0 Å². The molecule has 3 aromatic carbocycles. The number of halogens is 1. The summed E-state index contributed by atoms with van der Waals surface area (Å²) < 4.78 is 0. The number of thiocarbonyl (C=S) groups is 1. The average Bonchev–Trinajstić information content (AvgIpc) is 2.70. The fourth-order valence-corrected chi connectivity index (χ4v) is 2.91. The van der Waals surface area contributed by atoms with E-state index in [0.717, 1.165) is 11.1 Å². The van der Waals surface area contributed by atoms with Crippen molar-refractivity contribution in [2.75, 3.05) is 5.32 Å². The van der Waals surface area contributed by atoms with Crippen LogP contribution in [0.4, 0.5) is 11.4 Å². The Morgan fingerprint density at radius 2 is 1.61 bits per heavy atom. The summed E-state index contributed by atoms with van der Waals surface area (Å²) in [7, 11) is 0. The predicted molar refractivity (Wildman–Crippen MR) is 114 cm³/mol. The van der Waals surface area contributed by atoms with Crippen molar-refractivity contribution in [1.82, 2.24) is 5.32 Å². The molecule has 0 radical (unpaired) electrons. The molecule has 0 aromatic heterocycles. The van der Waals surface area contributed by atoms with E-state index in [-0.39, 0.29) is 21.7 Å². The van der Waals surface area contributed by atoms with E-state index in [1.54, 1.807) is 12.1 Å². The number of carbonyl (C=O) groups is 1. The van der Waals surface area contributed by atoms with E-state index in [0.29, 0.717) is 11.3 Å². The number of nitrogens with zero attached hydrogens (tertiary/aromatic N) is 1. The Morgan fingerprint density at radius 1 is 0.964 bits per heavy atom. The summed E-state index contributed by atoms with van der Waals surface area (Å²) in [6.45, 7) is 0. The Morgan fingerprint density at radius 3 is 2.25 bits per heavy atom. The van der Waals surface area contributed by atoms with Crippen molar-refractivity contribution >= 4 is 46.2 Å². The molecule has 0 aliphatic carbocycles. The van der Waals surface area contributed by atoms with E-state index in [1.165, 1.54) is 18.2 Å². The van der Waals surface area contributed by atoms with Crippen LogP contribution in [0.25, 0.3) is 11.1 Å². The smallest absolute Gasteiger partial charge is 0.289 e. The Bertz CT molecular complexity index is 1040. The summed E-state index contributed by atoms with van der Waals surface area (Å²) in [6.07, 6.45) is 0. The van der Waals surface area contributed by atoms with Crippen LogP contribution >= 0.6 is 23.8 Å². The van der Waals surface area contributed by atoms with Crippen LogP contribution < -0.4 is 10.6 Å². The molecule has 1 amide bonds. The third-order valence-electron chi connectivity index (χ3n) is 3.88. The van der Waals surface area contributed by atoms with Gasteiger partial charge in [0.05, 0.1) is 4.92 Å². The van der Waals surface area contributed by atoms with Gasteiger partial charge in [-0.3, -0.25) is 20.2 Å². The minimum atomic E-state index is -0.594. The first kappa shape index (κ1) is 19.5. The minimum absolute atomic E-state index is 0.0176. The van der Waals surface area contributed by atoms with Crippen LogP contribution in [-0.4, -0.2) is 15.9 Å². The number of carbonyl (C=O) groups excluding carboxylic acids is 1. The summed E-state index contributed by atoms with van der Waals surface area (Å²) in [5.41, 5.74) is 2.58. The van der Waals surface area contributed by atoms with Gasteiger partial charge in [-0.2, -0.15) is 0 Å². The second kappa shape index (κ2) is 8.60. The minimum Gasteiger partial charge on any atom is -0.332 e. The number of anilines is 1. The molecule has 0 saturated carbocycles. The van der Waals surface area contributed by atoms with Gasteiger partial charge in [-0.05, 0) is 47.6 Å². The average molecular weight is 412 g/mol. The van der Waals surface area contributed by atoms with Gasteiger partial charge in [0.15, 0.2) is 5.11 Å². The molecule has 0 heterocycles. The number of amides is 1. The maximum absolute atomic E-state index is 12.4. The molecule has 3 rings (SSSR count). The topological polar surface area (TPSA) is 84.3 Å². The number of benzene rings is 3. The molecule has 0 saturated heterocycles. The van der Waals surface area contributed by atoms with Crippen LogP contribution in [0.1, 0.15) is 10.4 Å². The van der Waals surface area contributed by atoms with Gasteiger partial charge in [0.25, 0.3) is 11.6 Å². The van der Waals surface area contributed by atoms with E-state index in [9.17, 15) is 14.9 Å². The number of nitrogens with one attached hydrogen (secondary N) is 2. The van der Waals surface area contributed by atoms with Crippen LogP contribution in [0.5, 0.6) is 0 Å².